The van der Waals surface area contributed by atoms with Crippen molar-refractivity contribution in [3.05, 3.63) is 79.2 Å². The molecule has 4 rings (SSSR count). The van der Waals surface area contributed by atoms with Gasteiger partial charge in [-0.15, -0.1) is 11.3 Å². The maximum Gasteiger partial charge on any atom is 0.257 e. The van der Waals surface area contributed by atoms with Gasteiger partial charge in [0.15, 0.2) is 0 Å². The number of benzene rings is 3. The number of rotatable bonds is 3. The average molecular weight is 557 g/mol. The first-order chi connectivity index (χ1) is 13.4. The van der Waals surface area contributed by atoms with Crippen LogP contribution in [0.3, 0.4) is 0 Å². The molecule has 1 N–H and O–H groups in total. The molecule has 0 unspecified atom stereocenters. The zero-order valence-corrected chi connectivity index (χ0v) is 19.5. The van der Waals surface area contributed by atoms with E-state index in [0.29, 0.717) is 21.3 Å². The summed E-state index contributed by atoms with van der Waals surface area (Å²) >= 11 is 20.8. The van der Waals surface area contributed by atoms with E-state index in [2.05, 4.69) is 37.2 Å². The number of hydrogen-bond donors (Lipinski definition) is 1. The largest absolute Gasteiger partial charge is 0.320 e. The highest BCUT2D eigenvalue weighted by atomic mass is 79.9. The Morgan fingerprint density at radius 2 is 1.82 bits per heavy atom. The molecule has 1 heterocycles. The van der Waals surface area contributed by atoms with Crippen molar-refractivity contribution in [1.29, 1.82) is 0 Å². The zero-order chi connectivity index (χ0) is 19.8. The van der Waals surface area contributed by atoms with Crippen LogP contribution in [-0.4, -0.2) is 10.9 Å². The number of nitrogens with zero attached hydrogens (tertiary/aromatic N) is 1. The van der Waals surface area contributed by atoms with Crippen LogP contribution >= 0.6 is 66.4 Å². The molecular weight excluding hydrogens is 547 g/mol. The summed E-state index contributed by atoms with van der Waals surface area (Å²) in [5.74, 6) is -0.349. The van der Waals surface area contributed by atoms with Crippen molar-refractivity contribution in [2.75, 3.05) is 5.32 Å². The summed E-state index contributed by atoms with van der Waals surface area (Å²) in [6.07, 6.45) is 0. The van der Waals surface area contributed by atoms with E-state index in [-0.39, 0.29) is 5.91 Å². The maximum atomic E-state index is 12.9. The van der Waals surface area contributed by atoms with Crippen LogP contribution < -0.4 is 5.32 Å². The summed E-state index contributed by atoms with van der Waals surface area (Å²) in [6.45, 7) is 0. The molecular formula is C20H10Br2Cl2N2OS. The van der Waals surface area contributed by atoms with Gasteiger partial charge in [0.2, 0.25) is 0 Å². The molecule has 8 heteroatoms. The lowest BCUT2D eigenvalue weighted by Crippen LogP contribution is -2.13. The van der Waals surface area contributed by atoms with Gasteiger partial charge >= 0.3 is 0 Å². The van der Waals surface area contributed by atoms with E-state index in [9.17, 15) is 4.79 Å². The lowest BCUT2D eigenvalue weighted by Gasteiger charge is -2.13. The molecule has 0 spiro atoms. The molecule has 3 aromatic carbocycles. The van der Waals surface area contributed by atoms with E-state index in [1.54, 1.807) is 29.5 Å². The van der Waals surface area contributed by atoms with Gasteiger partial charge in [0, 0.05) is 19.5 Å². The summed E-state index contributed by atoms with van der Waals surface area (Å²) in [5.41, 5.74) is 2.63. The minimum absolute atomic E-state index is 0.305. The highest BCUT2D eigenvalue weighted by Crippen LogP contribution is 2.40. The quantitative estimate of drug-likeness (QED) is 0.277. The Morgan fingerprint density at radius 3 is 2.61 bits per heavy atom. The number of thiazole rings is 1. The molecule has 0 saturated carbocycles. The number of anilines is 1. The molecule has 0 fully saturated rings. The van der Waals surface area contributed by atoms with E-state index in [1.165, 1.54) is 0 Å². The Labute approximate surface area is 192 Å². The molecule has 3 nitrogen and oxygen atoms in total. The predicted octanol–water partition coefficient (Wildman–Crippen LogP) is 8.05. The first-order valence-corrected chi connectivity index (χ1v) is 11.2. The summed E-state index contributed by atoms with van der Waals surface area (Å²) < 4.78 is 2.67. The standard InChI is InChI=1S/C20H10Br2Cl2N2OS/c21-10-7-13(20-25-16-3-1-2-4-17(16)28-20)18(14(22)8-10)26-19(27)12-9-11(23)5-6-15(12)24/h1-9H,(H,26,27). The SMILES string of the molecule is O=C(Nc1c(Br)cc(Br)cc1-c1nc2ccccc2s1)c1cc(Cl)ccc1Cl. The molecule has 0 bridgehead atoms. The van der Waals surface area contributed by atoms with Crippen molar-refractivity contribution >= 4 is 88.2 Å². The molecule has 0 aliphatic carbocycles. The van der Waals surface area contributed by atoms with Crippen molar-refractivity contribution in [1.82, 2.24) is 4.98 Å². The first-order valence-electron chi connectivity index (χ1n) is 8.04. The minimum Gasteiger partial charge on any atom is -0.320 e. The van der Waals surface area contributed by atoms with Gasteiger partial charge in [0.25, 0.3) is 5.91 Å². The highest BCUT2D eigenvalue weighted by Gasteiger charge is 2.19. The van der Waals surface area contributed by atoms with Crippen LogP contribution in [0.1, 0.15) is 10.4 Å². The molecule has 4 aromatic rings. The third-order valence-corrected chi connectivity index (χ3v) is 6.71. The van der Waals surface area contributed by atoms with Crippen LogP contribution in [0.25, 0.3) is 20.8 Å². The fraction of sp³-hybridized carbons (Fsp3) is 0. The third kappa shape index (κ3) is 3.98. The van der Waals surface area contributed by atoms with Gasteiger partial charge in [-0.2, -0.15) is 0 Å². The first kappa shape index (κ1) is 19.9. The lowest BCUT2D eigenvalue weighted by molar-refractivity contribution is 0.102. The van der Waals surface area contributed by atoms with Gasteiger partial charge in [0.1, 0.15) is 5.01 Å². The summed E-state index contributed by atoms with van der Waals surface area (Å²) in [4.78, 5) is 17.6. The number of hydrogen-bond acceptors (Lipinski definition) is 3. The van der Waals surface area contributed by atoms with Crippen molar-refractivity contribution < 1.29 is 4.79 Å². The van der Waals surface area contributed by atoms with Crippen molar-refractivity contribution in [3.63, 3.8) is 0 Å². The molecule has 140 valence electrons. The Morgan fingerprint density at radius 1 is 1.04 bits per heavy atom. The van der Waals surface area contributed by atoms with Crippen LogP contribution in [0, 0.1) is 0 Å². The summed E-state index contributed by atoms with van der Waals surface area (Å²) in [6, 6.07) is 16.5. The molecule has 1 amide bonds. The monoisotopic (exact) mass is 554 g/mol. The zero-order valence-electron chi connectivity index (χ0n) is 14.0. The predicted molar refractivity (Wildman–Crippen MR) is 125 cm³/mol. The average Bonchev–Trinajstić information content (AvgIpc) is 3.09. The van der Waals surface area contributed by atoms with Crippen LogP contribution in [0.4, 0.5) is 5.69 Å². The molecule has 1 aromatic heterocycles. The van der Waals surface area contributed by atoms with Crippen molar-refractivity contribution in [3.8, 4) is 10.6 Å². The number of amides is 1. The second kappa shape index (κ2) is 8.13. The normalized spacial score (nSPS) is 11.0. The van der Waals surface area contributed by atoms with Gasteiger partial charge in [-0.05, 0) is 58.4 Å². The van der Waals surface area contributed by atoms with Crippen molar-refractivity contribution in [2.45, 2.75) is 0 Å². The Hall–Kier alpha value is -1.44. The number of aromatic nitrogens is 1. The fourth-order valence-corrected chi connectivity index (χ4v) is 5.40. The lowest BCUT2D eigenvalue weighted by atomic mass is 10.1. The second-order valence-corrected chi connectivity index (χ2v) is 9.52. The minimum atomic E-state index is -0.349. The third-order valence-electron chi connectivity index (χ3n) is 3.99. The number of fused-ring (bicyclic) bond motifs is 1. The molecule has 0 aliphatic heterocycles. The van der Waals surface area contributed by atoms with Crippen LogP contribution in [0.2, 0.25) is 10.0 Å². The molecule has 0 atom stereocenters. The number of carbonyl (C=O) groups excluding carboxylic acids is 1. The highest BCUT2D eigenvalue weighted by molar-refractivity contribution is 9.11. The van der Waals surface area contributed by atoms with Crippen LogP contribution in [-0.2, 0) is 0 Å². The Balaban J connectivity index is 1.81. The van der Waals surface area contributed by atoms with E-state index in [0.717, 1.165) is 29.7 Å². The molecule has 0 radical (unpaired) electrons. The number of halogens is 4. The molecule has 0 saturated heterocycles. The molecule has 0 aliphatic rings. The molecule has 28 heavy (non-hydrogen) atoms. The van der Waals surface area contributed by atoms with Gasteiger partial charge < -0.3 is 5.32 Å². The number of para-hydroxylation sites is 1. The van der Waals surface area contributed by atoms with Crippen LogP contribution in [0.5, 0.6) is 0 Å². The van der Waals surface area contributed by atoms with E-state index in [4.69, 9.17) is 28.2 Å². The smallest absolute Gasteiger partial charge is 0.257 e. The second-order valence-electron chi connectivity index (χ2n) is 5.88. The van der Waals surface area contributed by atoms with E-state index >= 15 is 0 Å². The summed E-state index contributed by atoms with van der Waals surface area (Å²) in [5, 5.41) is 4.52. The van der Waals surface area contributed by atoms with Gasteiger partial charge in [-0.1, -0.05) is 51.3 Å². The van der Waals surface area contributed by atoms with Gasteiger partial charge in [-0.25, -0.2) is 4.98 Å². The van der Waals surface area contributed by atoms with E-state index in [1.807, 2.05) is 36.4 Å². The summed E-state index contributed by atoms with van der Waals surface area (Å²) in [7, 11) is 0. The number of nitrogens with one attached hydrogen (secondary N) is 1. The van der Waals surface area contributed by atoms with Crippen LogP contribution in [0.15, 0.2) is 63.5 Å². The number of carbonyl (C=O) groups is 1. The van der Waals surface area contributed by atoms with Gasteiger partial charge in [-0.3, -0.25) is 4.79 Å². The van der Waals surface area contributed by atoms with Crippen molar-refractivity contribution in [2.24, 2.45) is 0 Å². The topological polar surface area (TPSA) is 42.0 Å². The maximum absolute atomic E-state index is 12.9. The van der Waals surface area contributed by atoms with Gasteiger partial charge in [0.05, 0.1) is 26.5 Å². The Kier molecular flexibility index (Phi) is 5.76. The fourth-order valence-electron chi connectivity index (χ4n) is 2.71. The van der Waals surface area contributed by atoms with E-state index < -0.39 is 0 Å². The Bertz CT molecular complexity index is 1190.